The second kappa shape index (κ2) is 5.00. The predicted octanol–water partition coefficient (Wildman–Crippen LogP) is 2.31. The molecule has 0 amide bonds. The first kappa shape index (κ1) is 12.7. The van der Waals surface area contributed by atoms with Gasteiger partial charge in [-0.2, -0.15) is 0 Å². The number of nitrogens with two attached hydrogens (primary N) is 1. The van der Waals surface area contributed by atoms with Crippen molar-refractivity contribution >= 4 is 5.69 Å². The fourth-order valence-corrected chi connectivity index (χ4v) is 3.50. The summed E-state index contributed by atoms with van der Waals surface area (Å²) in [6.07, 6.45) is 10.4. The van der Waals surface area contributed by atoms with E-state index in [1.807, 2.05) is 0 Å². The Morgan fingerprint density at radius 2 is 2.05 bits per heavy atom. The van der Waals surface area contributed by atoms with Gasteiger partial charge in [0, 0.05) is 18.0 Å². The molecule has 2 heterocycles. The molecule has 0 aromatic carbocycles. The van der Waals surface area contributed by atoms with Crippen LogP contribution in [0.25, 0.3) is 0 Å². The number of nitrogen functional groups attached to an aromatic ring is 1. The first-order valence-corrected chi connectivity index (χ1v) is 7.31. The quantitative estimate of drug-likeness (QED) is 0.889. The van der Waals surface area contributed by atoms with E-state index in [0.717, 1.165) is 12.8 Å². The number of anilines is 1. The molecule has 0 radical (unpaired) electrons. The second-order valence-electron chi connectivity index (χ2n) is 5.98. The molecule has 1 aliphatic heterocycles. The van der Waals surface area contributed by atoms with Gasteiger partial charge in [0.05, 0.1) is 18.2 Å². The molecule has 3 rings (SSSR count). The summed E-state index contributed by atoms with van der Waals surface area (Å²) < 4.78 is 7.97. The molecule has 4 heteroatoms. The Balaban J connectivity index is 1.68. The lowest BCUT2D eigenvalue weighted by Crippen LogP contribution is -2.33. The Morgan fingerprint density at radius 3 is 2.84 bits per heavy atom. The molecule has 4 nitrogen and oxygen atoms in total. The van der Waals surface area contributed by atoms with E-state index in [9.17, 15) is 4.79 Å². The van der Waals surface area contributed by atoms with Crippen molar-refractivity contribution < 1.29 is 4.74 Å². The Morgan fingerprint density at radius 1 is 1.26 bits per heavy atom. The Kier molecular flexibility index (Phi) is 3.35. The van der Waals surface area contributed by atoms with Gasteiger partial charge in [0.1, 0.15) is 0 Å². The summed E-state index contributed by atoms with van der Waals surface area (Å²) in [4.78, 5) is 11.8. The molecule has 1 spiro atoms. The van der Waals surface area contributed by atoms with E-state index >= 15 is 0 Å². The summed E-state index contributed by atoms with van der Waals surface area (Å²) in [5.74, 6) is 0. The van der Waals surface area contributed by atoms with Crippen LogP contribution >= 0.6 is 0 Å². The van der Waals surface area contributed by atoms with Gasteiger partial charge in [-0.15, -0.1) is 0 Å². The van der Waals surface area contributed by atoms with E-state index in [4.69, 9.17) is 10.5 Å². The molecule has 19 heavy (non-hydrogen) atoms. The molecule has 1 aromatic heterocycles. The highest BCUT2D eigenvalue weighted by Crippen LogP contribution is 2.42. The van der Waals surface area contributed by atoms with Gasteiger partial charge in [0.25, 0.3) is 5.56 Å². The monoisotopic (exact) mass is 262 g/mol. The molecule has 1 unspecified atom stereocenters. The van der Waals surface area contributed by atoms with Crippen LogP contribution in [0, 0.1) is 0 Å². The molecule has 0 bridgehead atoms. The van der Waals surface area contributed by atoms with E-state index in [1.54, 1.807) is 16.8 Å². The van der Waals surface area contributed by atoms with E-state index in [1.165, 1.54) is 38.2 Å². The summed E-state index contributed by atoms with van der Waals surface area (Å²) in [6, 6.07) is 3.18. The minimum absolute atomic E-state index is 0.00222. The minimum Gasteiger partial charge on any atom is -0.398 e. The van der Waals surface area contributed by atoms with Gasteiger partial charge >= 0.3 is 0 Å². The highest BCUT2D eigenvalue weighted by atomic mass is 16.5. The average molecular weight is 262 g/mol. The summed E-state index contributed by atoms with van der Waals surface area (Å²) in [5, 5.41) is 0. The Hall–Kier alpha value is -1.29. The highest BCUT2D eigenvalue weighted by molar-refractivity contribution is 5.33. The topological polar surface area (TPSA) is 57.2 Å². The Labute approximate surface area is 113 Å². The first-order chi connectivity index (χ1) is 9.17. The van der Waals surface area contributed by atoms with Crippen molar-refractivity contribution in [2.24, 2.45) is 0 Å². The van der Waals surface area contributed by atoms with E-state index < -0.39 is 0 Å². The van der Waals surface area contributed by atoms with Crippen LogP contribution in [0.15, 0.2) is 23.1 Å². The molecule has 1 saturated carbocycles. The second-order valence-corrected chi connectivity index (χ2v) is 5.98. The van der Waals surface area contributed by atoms with Gasteiger partial charge in [-0.05, 0) is 31.7 Å². The number of ether oxygens (including phenoxy) is 1. The lowest BCUT2D eigenvalue weighted by molar-refractivity contribution is -0.0682. The van der Waals surface area contributed by atoms with Crippen molar-refractivity contribution in [2.45, 2.75) is 63.2 Å². The number of hydrogen-bond acceptors (Lipinski definition) is 3. The van der Waals surface area contributed by atoms with Crippen LogP contribution in [0.2, 0.25) is 0 Å². The molecule has 1 aromatic rings. The summed E-state index contributed by atoms with van der Waals surface area (Å²) >= 11 is 0. The van der Waals surface area contributed by atoms with Gasteiger partial charge < -0.3 is 15.0 Å². The van der Waals surface area contributed by atoms with Gasteiger partial charge in [-0.25, -0.2) is 0 Å². The molecule has 2 aliphatic rings. The van der Waals surface area contributed by atoms with Crippen LogP contribution in [0.5, 0.6) is 0 Å². The van der Waals surface area contributed by atoms with Gasteiger partial charge in [-0.3, -0.25) is 4.79 Å². The molecular formula is C15H22N2O2. The van der Waals surface area contributed by atoms with Gasteiger partial charge in [-0.1, -0.05) is 19.3 Å². The smallest absolute Gasteiger partial charge is 0.250 e. The van der Waals surface area contributed by atoms with Crippen molar-refractivity contribution in [3.05, 3.63) is 28.7 Å². The third-order valence-corrected chi connectivity index (χ3v) is 4.51. The van der Waals surface area contributed by atoms with Gasteiger partial charge in [0.15, 0.2) is 0 Å². The fourth-order valence-electron chi connectivity index (χ4n) is 3.50. The van der Waals surface area contributed by atoms with Crippen LogP contribution in [-0.4, -0.2) is 16.3 Å². The number of rotatable bonds is 2. The predicted molar refractivity (Wildman–Crippen MR) is 75.0 cm³/mol. The number of nitrogens with zero attached hydrogens (tertiary/aromatic N) is 1. The molecule has 2 fully saturated rings. The molecule has 1 atom stereocenters. The third-order valence-electron chi connectivity index (χ3n) is 4.51. The van der Waals surface area contributed by atoms with E-state index in [0.29, 0.717) is 12.2 Å². The molecule has 2 N–H and O–H groups in total. The maximum Gasteiger partial charge on any atom is 0.250 e. The zero-order valence-electron chi connectivity index (χ0n) is 11.3. The zero-order valence-corrected chi connectivity index (χ0v) is 11.3. The summed E-state index contributed by atoms with van der Waals surface area (Å²) in [5.41, 5.74) is 6.49. The standard InChI is InChI=1S/C15H22N2O2/c16-12-4-5-14(18)17(10-12)11-13-6-9-15(19-13)7-2-1-3-8-15/h4-5,10,13H,1-3,6-9,11,16H2. The van der Waals surface area contributed by atoms with Crippen LogP contribution in [0.4, 0.5) is 5.69 Å². The summed E-state index contributed by atoms with van der Waals surface area (Å²) in [6.45, 7) is 0.631. The maximum atomic E-state index is 11.8. The van der Waals surface area contributed by atoms with Crippen LogP contribution < -0.4 is 11.3 Å². The van der Waals surface area contributed by atoms with Crippen molar-refractivity contribution in [1.29, 1.82) is 0 Å². The molecule has 1 aliphatic carbocycles. The lowest BCUT2D eigenvalue weighted by atomic mass is 9.83. The maximum absolute atomic E-state index is 11.8. The van der Waals surface area contributed by atoms with Crippen molar-refractivity contribution in [3.8, 4) is 0 Å². The minimum atomic E-state index is 0.00222. The normalized spacial score (nSPS) is 25.8. The molecular weight excluding hydrogens is 240 g/mol. The average Bonchev–Trinajstić information content (AvgIpc) is 2.78. The largest absolute Gasteiger partial charge is 0.398 e. The van der Waals surface area contributed by atoms with Crippen molar-refractivity contribution in [3.63, 3.8) is 0 Å². The molecule has 1 saturated heterocycles. The third kappa shape index (κ3) is 2.68. The van der Waals surface area contributed by atoms with Crippen molar-refractivity contribution in [1.82, 2.24) is 4.57 Å². The van der Waals surface area contributed by atoms with Crippen molar-refractivity contribution in [2.75, 3.05) is 5.73 Å². The van der Waals surface area contributed by atoms with Crippen LogP contribution in [0.3, 0.4) is 0 Å². The van der Waals surface area contributed by atoms with E-state index in [-0.39, 0.29) is 17.3 Å². The zero-order chi connectivity index (χ0) is 13.3. The first-order valence-electron chi connectivity index (χ1n) is 7.31. The van der Waals surface area contributed by atoms with Crippen LogP contribution in [-0.2, 0) is 11.3 Å². The van der Waals surface area contributed by atoms with Crippen LogP contribution in [0.1, 0.15) is 44.9 Å². The van der Waals surface area contributed by atoms with E-state index in [2.05, 4.69) is 0 Å². The fraction of sp³-hybridized carbons (Fsp3) is 0.667. The summed E-state index contributed by atoms with van der Waals surface area (Å²) in [7, 11) is 0. The lowest BCUT2D eigenvalue weighted by Gasteiger charge is -2.33. The number of aromatic nitrogens is 1. The Bertz CT molecular complexity index is 503. The van der Waals surface area contributed by atoms with Gasteiger partial charge in [0.2, 0.25) is 0 Å². The number of pyridine rings is 1. The number of hydrogen-bond donors (Lipinski definition) is 1. The molecule has 104 valence electrons. The highest BCUT2D eigenvalue weighted by Gasteiger charge is 2.40. The SMILES string of the molecule is Nc1ccc(=O)n(CC2CCC3(CCCCC3)O2)c1.